The summed E-state index contributed by atoms with van der Waals surface area (Å²) >= 11 is 0. The first-order valence-electron chi connectivity index (χ1n) is 13.2. The molecule has 40 heavy (non-hydrogen) atoms. The highest BCUT2D eigenvalue weighted by Crippen LogP contribution is 2.37. The van der Waals surface area contributed by atoms with Gasteiger partial charge in [-0.15, -0.1) is 0 Å². The summed E-state index contributed by atoms with van der Waals surface area (Å²) in [6.45, 7) is 6.04. The SMILES string of the molecule is COCC[C@@H](N)[C@H](COc1cc(F)cc(F)c1)NC(=O)c1cc(NC[C@H]2C[C@@H]2C)nc(N(C)S(=O)(=O)C(C)C)c1. The van der Waals surface area contributed by atoms with E-state index in [-0.39, 0.29) is 23.7 Å². The molecule has 2 aromatic rings. The van der Waals surface area contributed by atoms with Crippen LogP contribution in [0.15, 0.2) is 30.3 Å². The van der Waals surface area contributed by atoms with Gasteiger partial charge in [-0.2, -0.15) is 0 Å². The number of ether oxygens (including phenoxy) is 2. The van der Waals surface area contributed by atoms with Gasteiger partial charge in [0.05, 0.1) is 11.3 Å². The minimum atomic E-state index is -3.71. The standard InChI is InChI=1S/C27H39F2N5O5S/c1-16(2)40(36,37)34(4)26-10-18(9-25(33-26)31-14-19-8-17(19)3)27(35)32-24(23(30)6-7-38-5)15-39-22-12-20(28)11-21(29)13-22/h9-13,16-17,19,23-24H,6-8,14-15,30H2,1-5H3,(H,31,33)(H,32,35)/t17-,19+,23+,24-/m0/s1. The number of carbonyl (C=O) groups is 1. The first-order chi connectivity index (χ1) is 18.8. The predicted molar refractivity (Wildman–Crippen MR) is 150 cm³/mol. The number of methoxy groups -OCH3 is 1. The molecule has 0 radical (unpaired) electrons. The van der Waals surface area contributed by atoms with Gasteiger partial charge in [-0.05, 0) is 50.7 Å². The summed E-state index contributed by atoms with van der Waals surface area (Å²) in [6, 6.07) is 4.32. The van der Waals surface area contributed by atoms with E-state index in [9.17, 15) is 22.0 Å². The molecule has 13 heteroatoms. The number of anilines is 2. The van der Waals surface area contributed by atoms with Crippen LogP contribution in [0.3, 0.4) is 0 Å². The van der Waals surface area contributed by atoms with Crippen LogP contribution in [0.2, 0.25) is 0 Å². The molecule has 1 aliphatic rings. The molecule has 4 N–H and O–H groups in total. The first kappa shape index (κ1) is 31.5. The molecular weight excluding hydrogens is 544 g/mol. The van der Waals surface area contributed by atoms with E-state index in [1.807, 2.05) is 0 Å². The number of nitrogens with two attached hydrogens (primary N) is 1. The molecule has 1 heterocycles. The van der Waals surface area contributed by atoms with Crippen LogP contribution in [0.5, 0.6) is 5.75 Å². The molecule has 0 spiro atoms. The fourth-order valence-electron chi connectivity index (χ4n) is 4.04. The number of halogens is 2. The summed E-state index contributed by atoms with van der Waals surface area (Å²) in [7, 11) is -0.806. The van der Waals surface area contributed by atoms with Crippen LogP contribution in [0.25, 0.3) is 0 Å². The van der Waals surface area contributed by atoms with Gasteiger partial charge in [0.25, 0.3) is 5.91 Å². The monoisotopic (exact) mass is 583 g/mol. The van der Waals surface area contributed by atoms with E-state index >= 15 is 0 Å². The van der Waals surface area contributed by atoms with Crippen LogP contribution in [0, 0.1) is 23.5 Å². The van der Waals surface area contributed by atoms with Crippen LogP contribution in [-0.4, -0.2) is 70.6 Å². The molecule has 1 saturated carbocycles. The number of nitrogens with one attached hydrogen (secondary N) is 2. The van der Waals surface area contributed by atoms with Gasteiger partial charge < -0.3 is 25.8 Å². The van der Waals surface area contributed by atoms with Crippen molar-refractivity contribution in [3.63, 3.8) is 0 Å². The van der Waals surface area contributed by atoms with Gasteiger partial charge in [-0.25, -0.2) is 22.2 Å². The molecule has 0 aliphatic heterocycles. The van der Waals surface area contributed by atoms with Crippen molar-refractivity contribution in [3.8, 4) is 5.75 Å². The van der Waals surface area contributed by atoms with E-state index in [1.54, 1.807) is 19.9 Å². The van der Waals surface area contributed by atoms with Crippen LogP contribution in [0.4, 0.5) is 20.4 Å². The predicted octanol–water partition coefficient (Wildman–Crippen LogP) is 3.14. The van der Waals surface area contributed by atoms with Crippen molar-refractivity contribution in [1.29, 1.82) is 0 Å². The van der Waals surface area contributed by atoms with Crippen LogP contribution in [0.1, 0.15) is 44.0 Å². The van der Waals surface area contributed by atoms with Crippen LogP contribution < -0.4 is 25.4 Å². The lowest BCUT2D eigenvalue weighted by Crippen LogP contribution is -2.51. The zero-order valence-electron chi connectivity index (χ0n) is 23.5. The maximum atomic E-state index is 13.6. The maximum Gasteiger partial charge on any atom is 0.251 e. The Labute approximate surface area is 234 Å². The number of pyridine rings is 1. The summed E-state index contributed by atoms with van der Waals surface area (Å²) in [5.41, 5.74) is 6.47. The smallest absolute Gasteiger partial charge is 0.251 e. The highest BCUT2D eigenvalue weighted by Gasteiger charge is 2.32. The Morgan fingerprint density at radius 2 is 1.85 bits per heavy atom. The number of carbonyl (C=O) groups excluding carboxylic acids is 1. The summed E-state index contributed by atoms with van der Waals surface area (Å²) in [5.74, 6) is -0.693. The average molecular weight is 584 g/mol. The second-order valence-electron chi connectivity index (χ2n) is 10.5. The van der Waals surface area contributed by atoms with Gasteiger partial charge in [0.2, 0.25) is 10.0 Å². The zero-order chi connectivity index (χ0) is 29.6. The average Bonchev–Trinajstić information content (AvgIpc) is 3.61. The minimum Gasteiger partial charge on any atom is -0.491 e. The highest BCUT2D eigenvalue weighted by molar-refractivity contribution is 7.93. The van der Waals surface area contributed by atoms with Crippen molar-refractivity contribution >= 4 is 27.6 Å². The van der Waals surface area contributed by atoms with E-state index < -0.39 is 44.9 Å². The third-order valence-corrected chi connectivity index (χ3v) is 9.09. The lowest BCUT2D eigenvalue weighted by atomic mass is 10.1. The molecule has 1 aromatic heterocycles. The first-order valence-corrected chi connectivity index (χ1v) is 14.7. The number of hydrogen-bond donors (Lipinski definition) is 3. The number of amides is 1. The van der Waals surface area contributed by atoms with E-state index in [0.717, 1.165) is 28.9 Å². The topological polar surface area (TPSA) is 136 Å². The van der Waals surface area contributed by atoms with Gasteiger partial charge in [0.15, 0.2) is 0 Å². The summed E-state index contributed by atoms with van der Waals surface area (Å²) < 4.78 is 64.7. The van der Waals surface area contributed by atoms with E-state index in [2.05, 4.69) is 22.5 Å². The Morgan fingerprint density at radius 3 is 2.42 bits per heavy atom. The Morgan fingerprint density at radius 1 is 1.20 bits per heavy atom. The van der Waals surface area contributed by atoms with E-state index in [0.29, 0.717) is 37.2 Å². The number of sulfonamides is 1. The van der Waals surface area contributed by atoms with Crippen molar-refractivity contribution in [2.45, 2.75) is 50.9 Å². The third kappa shape index (κ3) is 8.48. The number of hydrogen-bond acceptors (Lipinski definition) is 8. The Balaban J connectivity index is 1.86. The van der Waals surface area contributed by atoms with Gasteiger partial charge in [-0.1, -0.05) is 6.92 Å². The summed E-state index contributed by atoms with van der Waals surface area (Å²) in [5, 5.41) is 5.34. The second-order valence-corrected chi connectivity index (χ2v) is 13.0. The lowest BCUT2D eigenvalue weighted by molar-refractivity contribution is 0.0902. The summed E-state index contributed by atoms with van der Waals surface area (Å²) in [6.07, 6.45) is 1.45. The Bertz CT molecular complexity index is 1260. The fourth-order valence-corrected chi connectivity index (χ4v) is 5.03. The fraction of sp³-hybridized carbons (Fsp3) is 0.556. The van der Waals surface area contributed by atoms with Crippen molar-refractivity contribution in [2.24, 2.45) is 17.6 Å². The van der Waals surface area contributed by atoms with Crippen molar-refractivity contribution in [3.05, 3.63) is 47.5 Å². The molecule has 10 nitrogen and oxygen atoms in total. The highest BCUT2D eigenvalue weighted by atomic mass is 32.2. The third-order valence-electron chi connectivity index (χ3n) is 6.95. The molecule has 1 amide bonds. The Kier molecular flexibility index (Phi) is 10.7. The molecule has 4 atom stereocenters. The molecule has 0 saturated heterocycles. The van der Waals surface area contributed by atoms with Gasteiger partial charge >= 0.3 is 0 Å². The molecule has 0 bridgehead atoms. The number of nitrogens with zero attached hydrogens (tertiary/aromatic N) is 2. The maximum absolute atomic E-state index is 13.6. The molecule has 1 aromatic carbocycles. The Hall–Kier alpha value is -3.03. The molecule has 1 aliphatic carbocycles. The van der Waals surface area contributed by atoms with Gasteiger partial charge in [0, 0.05) is 57.1 Å². The van der Waals surface area contributed by atoms with Crippen molar-refractivity contribution in [2.75, 3.05) is 43.5 Å². The van der Waals surface area contributed by atoms with E-state index in [1.165, 1.54) is 20.2 Å². The van der Waals surface area contributed by atoms with Gasteiger partial charge in [-0.3, -0.25) is 9.10 Å². The number of benzene rings is 1. The zero-order valence-corrected chi connectivity index (χ0v) is 24.3. The molecule has 0 unspecified atom stereocenters. The molecule has 222 valence electrons. The van der Waals surface area contributed by atoms with E-state index in [4.69, 9.17) is 15.2 Å². The van der Waals surface area contributed by atoms with Gasteiger partial charge in [0.1, 0.15) is 35.6 Å². The normalized spacial score (nSPS) is 18.2. The van der Waals surface area contributed by atoms with Crippen LogP contribution in [-0.2, 0) is 14.8 Å². The quantitative estimate of drug-likeness (QED) is 0.291. The molecule has 1 fully saturated rings. The van der Waals surface area contributed by atoms with Crippen molar-refractivity contribution in [1.82, 2.24) is 10.3 Å². The minimum absolute atomic E-state index is 0.0526. The molecular formula is C27H39F2N5O5S. The number of aromatic nitrogens is 1. The largest absolute Gasteiger partial charge is 0.491 e. The number of rotatable bonds is 15. The van der Waals surface area contributed by atoms with Crippen molar-refractivity contribution < 1.29 is 31.5 Å². The summed E-state index contributed by atoms with van der Waals surface area (Å²) in [4.78, 5) is 17.9. The van der Waals surface area contributed by atoms with Crippen LogP contribution >= 0.6 is 0 Å². The lowest BCUT2D eigenvalue weighted by Gasteiger charge is -2.26. The molecule has 3 rings (SSSR count). The second kappa shape index (κ2) is 13.6.